The summed E-state index contributed by atoms with van der Waals surface area (Å²) >= 11 is 0. The second-order valence-corrected chi connectivity index (χ2v) is 13.6. The smallest absolute Gasteiger partial charge is 0.315 e. The average Bonchev–Trinajstić information content (AvgIpc) is 3.49. The van der Waals surface area contributed by atoms with Gasteiger partial charge >= 0.3 is 6.03 Å². The number of rotatable bonds is 10. The van der Waals surface area contributed by atoms with Crippen LogP contribution in [0, 0.1) is 0 Å². The van der Waals surface area contributed by atoms with Crippen molar-refractivity contribution in [3.05, 3.63) is 137 Å². The monoisotopic (exact) mass is 689 g/mol. The van der Waals surface area contributed by atoms with E-state index in [1.165, 1.54) is 0 Å². The van der Waals surface area contributed by atoms with E-state index in [1.54, 1.807) is 0 Å². The molecule has 3 fully saturated rings. The van der Waals surface area contributed by atoms with Gasteiger partial charge in [-0.1, -0.05) is 97.1 Å². The van der Waals surface area contributed by atoms with Crippen LogP contribution in [-0.2, 0) is 27.4 Å². The summed E-state index contributed by atoms with van der Waals surface area (Å²) in [5.74, 6) is -0.0129. The molecule has 4 N–H and O–H groups in total. The number of carbonyl (C=O) groups excluding carboxylic acids is 2. The van der Waals surface area contributed by atoms with Crippen LogP contribution in [0.5, 0.6) is 0 Å². The Balaban J connectivity index is 1.16. The molecule has 10 nitrogen and oxygen atoms in total. The summed E-state index contributed by atoms with van der Waals surface area (Å²) in [6, 6.07) is 36.4. The van der Waals surface area contributed by atoms with E-state index >= 15 is 0 Å². The fourth-order valence-electron chi connectivity index (χ4n) is 7.76. The number of aliphatic hydroxyl groups is 1. The molecule has 1 spiro atoms. The minimum absolute atomic E-state index is 0.0280. The third-order valence-corrected chi connectivity index (χ3v) is 10.5. The number of nitrogens with zero attached hydrogens (tertiary/aromatic N) is 2. The van der Waals surface area contributed by atoms with E-state index < -0.39 is 11.8 Å². The molecular weight excluding hydrogens is 642 g/mol. The SMILES string of the molecule is CCNC(=O)NCc1ccc(C2O[C@H](CN3CCC4(CC3)C(=O)NCN4c3ccccc3)[C@@H](c3ccccc3)[C@H](c3ccc(CO)cc3)O2)cc1. The number of hydrogen-bond donors (Lipinski definition) is 4. The highest BCUT2D eigenvalue weighted by Crippen LogP contribution is 2.47. The van der Waals surface area contributed by atoms with Gasteiger partial charge in [-0.2, -0.15) is 0 Å². The van der Waals surface area contributed by atoms with Gasteiger partial charge in [0.05, 0.1) is 25.5 Å². The number of anilines is 1. The van der Waals surface area contributed by atoms with E-state index in [1.807, 2.05) is 79.7 Å². The summed E-state index contributed by atoms with van der Waals surface area (Å²) in [7, 11) is 0. The lowest BCUT2D eigenvalue weighted by Gasteiger charge is -2.47. The predicted molar refractivity (Wildman–Crippen MR) is 196 cm³/mol. The lowest BCUT2D eigenvalue weighted by atomic mass is 9.82. The molecule has 4 atom stereocenters. The normalized spacial score (nSPS) is 23.2. The molecule has 7 rings (SSSR count). The number of para-hydroxylation sites is 1. The van der Waals surface area contributed by atoms with Gasteiger partial charge in [-0.15, -0.1) is 0 Å². The molecule has 266 valence electrons. The molecule has 3 saturated heterocycles. The van der Waals surface area contributed by atoms with Crippen molar-refractivity contribution in [3.63, 3.8) is 0 Å². The molecular formula is C41H47N5O5. The molecule has 51 heavy (non-hydrogen) atoms. The Kier molecular flexibility index (Phi) is 10.6. The number of ether oxygens (including phenoxy) is 2. The van der Waals surface area contributed by atoms with Gasteiger partial charge in [-0.25, -0.2) is 4.79 Å². The predicted octanol–water partition coefficient (Wildman–Crippen LogP) is 5.37. The van der Waals surface area contributed by atoms with Crippen molar-refractivity contribution in [2.75, 3.05) is 37.7 Å². The van der Waals surface area contributed by atoms with E-state index in [2.05, 4.69) is 62.1 Å². The van der Waals surface area contributed by atoms with Gasteiger partial charge in [0.25, 0.3) is 0 Å². The number of likely N-dealkylation sites (tertiary alicyclic amines) is 1. The van der Waals surface area contributed by atoms with Crippen LogP contribution in [0.1, 0.15) is 65.9 Å². The summed E-state index contributed by atoms with van der Waals surface area (Å²) < 4.78 is 13.9. The minimum Gasteiger partial charge on any atom is -0.392 e. The standard InChI is InChI=1S/C41H47N5O5/c1-2-42-40(49)43-25-29-13-19-33(20-14-29)38-50-35(36(31-9-5-3-6-10-31)37(51-38)32-17-15-30(27-47)16-18-32)26-45-23-21-41(22-24-45)39(48)44-28-46(41)34-11-7-4-8-12-34/h3-20,35-38,47H,2,21-28H2,1H3,(H,44,48)(H2,42,43,49)/t35-,36-,37+,38?/m1/s1. The second kappa shape index (κ2) is 15.7. The molecule has 4 aromatic rings. The number of urea groups is 1. The van der Waals surface area contributed by atoms with Gasteiger partial charge in [0.2, 0.25) is 5.91 Å². The Morgan fingerprint density at radius 2 is 1.47 bits per heavy atom. The van der Waals surface area contributed by atoms with Crippen LogP contribution in [0.2, 0.25) is 0 Å². The van der Waals surface area contributed by atoms with Crippen LogP contribution in [-0.4, -0.2) is 66.4 Å². The summed E-state index contributed by atoms with van der Waals surface area (Å²) in [5, 5.41) is 18.5. The Morgan fingerprint density at radius 3 is 2.14 bits per heavy atom. The van der Waals surface area contributed by atoms with Gasteiger partial charge in [0.1, 0.15) is 5.54 Å². The molecule has 1 unspecified atom stereocenters. The summed E-state index contributed by atoms with van der Waals surface area (Å²) in [6.07, 6.45) is 0.244. The highest BCUT2D eigenvalue weighted by Gasteiger charge is 2.51. The highest BCUT2D eigenvalue weighted by atomic mass is 16.7. The van der Waals surface area contributed by atoms with Crippen LogP contribution in [0.4, 0.5) is 10.5 Å². The molecule has 0 radical (unpaired) electrons. The molecule has 0 aromatic heterocycles. The zero-order chi connectivity index (χ0) is 35.2. The molecule has 4 aromatic carbocycles. The number of nitrogens with one attached hydrogen (secondary N) is 3. The lowest BCUT2D eigenvalue weighted by Crippen LogP contribution is -2.57. The lowest BCUT2D eigenvalue weighted by molar-refractivity contribution is -0.264. The molecule has 0 aliphatic carbocycles. The number of hydrogen-bond acceptors (Lipinski definition) is 7. The average molecular weight is 690 g/mol. The number of benzene rings is 4. The number of carbonyl (C=O) groups is 2. The third-order valence-electron chi connectivity index (χ3n) is 10.5. The fraction of sp³-hybridized carbons (Fsp3) is 0.366. The maximum atomic E-state index is 13.4. The maximum Gasteiger partial charge on any atom is 0.315 e. The zero-order valence-corrected chi connectivity index (χ0v) is 29.0. The first-order valence-electron chi connectivity index (χ1n) is 18.0. The largest absolute Gasteiger partial charge is 0.392 e. The molecule has 3 heterocycles. The van der Waals surface area contributed by atoms with Crippen molar-refractivity contribution in [2.45, 2.75) is 62.9 Å². The van der Waals surface area contributed by atoms with Gasteiger partial charge in [-0.05, 0) is 54.2 Å². The Morgan fingerprint density at radius 1 is 0.824 bits per heavy atom. The third kappa shape index (κ3) is 7.50. The second-order valence-electron chi connectivity index (χ2n) is 13.6. The number of aliphatic hydroxyl groups excluding tert-OH is 1. The van der Waals surface area contributed by atoms with Crippen LogP contribution >= 0.6 is 0 Å². The van der Waals surface area contributed by atoms with Crippen LogP contribution < -0.4 is 20.9 Å². The van der Waals surface area contributed by atoms with Crippen molar-refractivity contribution in [3.8, 4) is 0 Å². The molecule has 3 aliphatic rings. The van der Waals surface area contributed by atoms with E-state index in [9.17, 15) is 14.7 Å². The molecule has 0 bridgehead atoms. The van der Waals surface area contributed by atoms with Crippen molar-refractivity contribution in [2.24, 2.45) is 0 Å². The maximum absolute atomic E-state index is 13.4. The van der Waals surface area contributed by atoms with Gasteiger partial charge in [-0.3, -0.25) is 4.79 Å². The van der Waals surface area contributed by atoms with Gasteiger partial charge < -0.3 is 40.3 Å². The van der Waals surface area contributed by atoms with E-state index in [0.29, 0.717) is 39.1 Å². The molecule has 3 aliphatic heterocycles. The first-order chi connectivity index (χ1) is 25.0. The number of amides is 3. The fourth-order valence-corrected chi connectivity index (χ4v) is 7.76. The van der Waals surface area contributed by atoms with E-state index in [4.69, 9.17) is 9.47 Å². The van der Waals surface area contributed by atoms with E-state index in [-0.39, 0.29) is 36.7 Å². The minimum atomic E-state index is -0.631. The molecule has 3 amide bonds. The van der Waals surface area contributed by atoms with Crippen LogP contribution in [0.15, 0.2) is 109 Å². The first-order valence-corrected chi connectivity index (χ1v) is 18.0. The Hall–Kier alpha value is -4.74. The topological polar surface area (TPSA) is 115 Å². The molecule has 0 saturated carbocycles. The highest BCUT2D eigenvalue weighted by molar-refractivity contribution is 5.93. The molecule has 10 heteroatoms. The summed E-state index contributed by atoms with van der Waals surface area (Å²) in [5.41, 5.74) is 5.34. The van der Waals surface area contributed by atoms with Crippen LogP contribution in [0.3, 0.4) is 0 Å². The Bertz CT molecular complexity index is 1750. The van der Waals surface area contributed by atoms with E-state index in [0.717, 1.165) is 46.6 Å². The van der Waals surface area contributed by atoms with Crippen LogP contribution in [0.25, 0.3) is 0 Å². The van der Waals surface area contributed by atoms with Crippen molar-refractivity contribution in [1.29, 1.82) is 0 Å². The summed E-state index contributed by atoms with van der Waals surface area (Å²) in [4.78, 5) is 30.0. The number of piperidine rings is 1. The van der Waals surface area contributed by atoms with Crippen molar-refractivity contribution in [1.82, 2.24) is 20.9 Å². The first kappa shape index (κ1) is 34.7. The quantitative estimate of drug-likeness (QED) is 0.177. The van der Waals surface area contributed by atoms with Crippen molar-refractivity contribution >= 4 is 17.6 Å². The van der Waals surface area contributed by atoms with Crippen molar-refractivity contribution < 1.29 is 24.2 Å². The van der Waals surface area contributed by atoms with Gasteiger partial charge in [0.15, 0.2) is 6.29 Å². The Labute approximate surface area is 299 Å². The van der Waals surface area contributed by atoms with Gasteiger partial charge in [0, 0.05) is 49.9 Å². The zero-order valence-electron chi connectivity index (χ0n) is 29.0. The summed E-state index contributed by atoms with van der Waals surface area (Å²) in [6.45, 7) is 5.53.